The fourth-order valence-corrected chi connectivity index (χ4v) is 2.93. The smallest absolute Gasteiger partial charge is 0.0423 e. The Bertz CT molecular complexity index is 622. The molecule has 20 heavy (non-hydrogen) atoms. The Kier molecular flexibility index (Phi) is 3.97. The predicted molar refractivity (Wildman–Crippen MR) is 89.5 cm³/mol. The van der Waals surface area contributed by atoms with Crippen LogP contribution in [0, 0.1) is 6.92 Å². The number of aryl methyl sites for hydroxylation is 2. The summed E-state index contributed by atoms with van der Waals surface area (Å²) in [6.45, 7) is 4.06. The summed E-state index contributed by atoms with van der Waals surface area (Å²) in [7, 11) is 0. The van der Waals surface area contributed by atoms with Gasteiger partial charge in [-0.2, -0.15) is 0 Å². The second-order valence-corrected chi connectivity index (χ2v) is 6.15. The normalized spacial score (nSPS) is 13.5. The molecule has 0 fully saturated rings. The molecule has 1 aliphatic heterocycles. The number of nitrogens with one attached hydrogen (secondary N) is 2. The van der Waals surface area contributed by atoms with Crippen molar-refractivity contribution in [3.8, 4) is 0 Å². The van der Waals surface area contributed by atoms with Gasteiger partial charge in [-0.05, 0) is 54.7 Å². The lowest BCUT2D eigenvalue weighted by molar-refractivity contribution is 0.825. The Morgan fingerprint density at radius 2 is 2.15 bits per heavy atom. The molecule has 0 amide bonds. The third kappa shape index (κ3) is 2.83. The van der Waals surface area contributed by atoms with Gasteiger partial charge in [0.2, 0.25) is 0 Å². The van der Waals surface area contributed by atoms with Crippen molar-refractivity contribution in [3.63, 3.8) is 0 Å². The summed E-state index contributed by atoms with van der Waals surface area (Å²) >= 11 is 3.54. The molecule has 1 aliphatic rings. The van der Waals surface area contributed by atoms with Crippen LogP contribution in [0.4, 0.5) is 11.4 Å². The minimum Gasteiger partial charge on any atom is -0.385 e. The first-order valence-electron chi connectivity index (χ1n) is 7.09. The zero-order valence-corrected chi connectivity index (χ0v) is 13.3. The van der Waals surface area contributed by atoms with E-state index in [2.05, 4.69) is 69.9 Å². The van der Waals surface area contributed by atoms with Gasteiger partial charge in [0, 0.05) is 28.9 Å². The molecule has 104 valence electrons. The molecule has 0 spiro atoms. The van der Waals surface area contributed by atoms with Gasteiger partial charge < -0.3 is 10.6 Å². The highest BCUT2D eigenvalue weighted by Crippen LogP contribution is 2.27. The van der Waals surface area contributed by atoms with Crippen LogP contribution >= 0.6 is 15.9 Å². The van der Waals surface area contributed by atoms with Gasteiger partial charge in [-0.3, -0.25) is 0 Å². The van der Waals surface area contributed by atoms with E-state index in [0.717, 1.165) is 17.6 Å². The number of para-hydroxylation sites is 1. The molecule has 2 nitrogen and oxygen atoms in total. The first-order valence-corrected chi connectivity index (χ1v) is 7.88. The average molecular weight is 331 g/mol. The number of fused-ring (bicyclic) bond motifs is 1. The van der Waals surface area contributed by atoms with E-state index >= 15 is 0 Å². The standard InChI is InChI=1S/C17H19BrN2/c1-12-10-15(7-8-16(12)18)20-11-14-5-2-4-13-6-3-9-19-17(13)14/h2,4-5,7-8,10,19-20H,3,6,9,11H2,1H3. The van der Waals surface area contributed by atoms with Gasteiger partial charge in [-0.15, -0.1) is 0 Å². The van der Waals surface area contributed by atoms with Crippen molar-refractivity contribution >= 4 is 27.3 Å². The third-order valence-corrected chi connectivity index (χ3v) is 4.69. The van der Waals surface area contributed by atoms with Crippen LogP contribution in [0.25, 0.3) is 0 Å². The van der Waals surface area contributed by atoms with Gasteiger partial charge in [0.15, 0.2) is 0 Å². The second-order valence-electron chi connectivity index (χ2n) is 5.30. The van der Waals surface area contributed by atoms with E-state index in [0.29, 0.717) is 0 Å². The summed E-state index contributed by atoms with van der Waals surface area (Å²) < 4.78 is 1.15. The summed E-state index contributed by atoms with van der Waals surface area (Å²) in [5.74, 6) is 0. The molecular formula is C17H19BrN2. The van der Waals surface area contributed by atoms with E-state index in [1.807, 2.05) is 0 Å². The second kappa shape index (κ2) is 5.88. The van der Waals surface area contributed by atoms with Crippen molar-refractivity contribution in [1.82, 2.24) is 0 Å². The minimum atomic E-state index is 0.858. The van der Waals surface area contributed by atoms with Crippen LogP contribution in [0.15, 0.2) is 40.9 Å². The molecule has 0 saturated carbocycles. The van der Waals surface area contributed by atoms with E-state index in [9.17, 15) is 0 Å². The van der Waals surface area contributed by atoms with Gasteiger partial charge in [-0.1, -0.05) is 34.1 Å². The lowest BCUT2D eigenvalue weighted by Gasteiger charge is -2.21. The molecule has 1 heterocycles. The van der Waals surface area contributed by atoms with Gasteiger partial charge in [-0.25, -0.2) is 0 Å². The lowest BCUT2D eigenvalue weighted by Crippen LogP contribution is -2.15. The van der Waals surface area contributed by atoms with E-state index in [1.165, 1.54) is 40.9 Å². The minimum absolute atomic E-state index is 0.858. The largest absolute Gasteiger partial charge is 0.385 e. The van der Waals surface area contributed by atoms with Crippen LogP contribution in [0.5, 0.6) is 0 Å². The fourth-order valence-electron chi connectivity index (χ4n) is 2.68. The zero-order valence-electron chi connectivity index (χ0n) is 11.7. The molecule has 0 bridgehead atoms. The number of rotatable bonds is 3. The van der Waals surface area contributed by atoms with Crippen molar-refractivity contribution < 1.29 is 0 Å². The molecule has 0 unspecified atom stereocenters. The Morgan fingerprint density at radius 3 is 3.00 bits per heavy atom. The molecule has 0 radical (unpaired) electrons. The Labute approximate surface area is 128 Å². The Balaban J connectivity index is 1.76. The molecule has 2 aromatic rings. The maximum Gasteiger partial charge on any atom is 0.0423 e. The lowest BCUT2D eigenvalue weighted by atomic mass is 9.99. The number of anilines is 2. The molecule has 0 aromatic heterocycles. The van der Waals surface area contributed by atoms with Crippen LogP contribution in [0.3, 0.4) is 0 Å². The highest BCUT2D eigenvalue weighted by molar-refractivity contribution is 9.10. The van der Waals surface area contributed by atoms with E-state index in [1.54, 1.807) is 0 Å². The van der Waals surface area contributed by atoms with E-state index < -0.39 is 0 Å². The first kappa shape index (κ1) is 13.5. The van der Waals surface area contributed by atoms with Crippen LogP contribution in [-0.4, -0.2) is 6.54 Å². The average Bonchev–Trinajstić information content (AvgIpc) is 2.48. The quantitative estimate of drug-likeness (QED) is 0.850. The Hall–Kier alpha value is -1.48. The molecule has 0 atom stereocenters. The predicted octanol–water partition coefficient (Wildman–Crippen LogP) is 4.73. The first-order chi connectivity index (χ1) is 9.74. The number of benzene rings is 2. The molecule has 3 heteroatoms. The molecule has 0 aliphatic carbocycles. The molecule has 2 N–H and O–H groups in total. The van der Waals surface area contributed by atoms with Gasteiger partial charge in [0.1, 0.15) is 0 Å². The number of hydrogen-bond donors (Lipinski definition) is 2. The highest BCUT2D eigenvalue weighted by atomic mass is 79.9. The SMILES string of the molecule is Cc1cc(NCc2cccc3c2NCCC3)ccc1Br. The Morgan fingerprint density at radius 1 is 1.25 bits per heavy atom. The summed E-state index contributed by atoms with van der Waals surface area (Å²) in [5.41, 5.74) is 6.55. The number of halogens is 1. The van der Waals surface area contributed by atoms with Crippen molar-refractivity contribution in [1.29, 1.82) is 0 Å². The topological polar surface area (TPSA) is 24.1 Å². The maximum absolute atomic E-state index is 3.54. The van der Waals surface area contributed by atoms with Crippen LogP contribution in [-0.2, 0) is 13.0 Å². The summed E-state index contributed by atoms with van der Waals surface area (Å²) in [6, 6.07) is 13.0. The molecule has 3 rings (SSSR count). The molecule has 2 aromatic carbocycles. The van der Waals surface area contributed by atoms with Crippen molar-refractivity contribution in [2.75, 3.05) is 17.2 Å². The van der Waals surface area contributed by atoms with Crippen molar-refractivity contribution in [3.05, 3.63) is 57.6 Å². The fraction of sp³-hybridized carbons (Fsp3) is 0.294. The van der Waals surface area contributed by atoms with Crippen molar-refractivity contribution in [2.45, 2.75) is 26.3 Å². The number of hydrogen-bond acceptors (Lipinski definition) is 2. The summed E-state index contributed by atoms with van der Waals surface area (Å²) in [6.07, 6.45) is 2.42. The molecule has 0 saturated heterocycles. The molecular weight excluding hydrogens is 312 g/mol. The van der Waals surface area contributed by atoms with Gasteiger partial charge in [0.05, 0.1) is 0 Å². The van der Waals surface area contributed by atoms with E-state index in [-0.39, 0.29) is 0 Å². The summed E-state index contributed by atoms with van der Waals surface area (Å²) in [4.78, 5) is 0. The summed E-state index contributed by atoms with van der Waals surface area (Å²) in [5, 5.41) is 7.06. The van der Waals surface area contributed by atoms with Crippen molar-refractivity contribution in [2.24, 2.45) is 0 Å². The van der Waals surface area contributed by atoms with Crippen LogP contribution in [0.2, 0.25) is 0 Å². The maximum atomic E-state index is 3.54. The van der Waals surface area contributed by atoms with E-state index in [4.69, 9.17) is 0 Å². The highest BCUT2D eigenvalue weighted by Gasteiger charge is 2.11. The van der Waals surface area contributed by atoms with Gasteiger partial charge in [0.25, 0.3) is 0 Å². The van der Waals surface area contributed by atoms with Crippen LogP contribution < -0.4 is 10.6 Å². The third-order valence-electron chi connectivity index (χ3n) is 3.80. The van der Waals surface area contributed by atoms with Crippen LogP contribution in [0.1, 0.15) is 23.1 Å². The monoisotopic (exact) mass is 330 g/mol. The van der Waals surface area contributed by atoms with Gasteiger partial charge >= 0.3 is 0 Å². The zero-order chi connectivity index (χ0) is 13.9.